The van der Waals surface area contributed by atoms with Crippen molar-refractivity contribution in [1.82, 2.24) is 0 Å². The van der Waals surface area contributed by atoms with Gasteiger partial charge in [-0.2, -0.15) is 0 Å². The molecule has 0 heterocycles. The minimum atomic E-state index is 0.441. The van der Waals surface area contributed by atoms with Crippen LogP contribution in [0.15, 0.2) is 0 Å². The van der Waals surface area contributed by atoms with Crippen molar-refractivity contribution in [2.75, 3.05) is 0 Å². The summed E-state index contributed by atoms with van der Waals surface area (Å²) in [7, 11) is 0. The van der Waals surface area contributed by atoms with Gasteiger partial charge in [0, 0.05) is 11.8 Å². The van der Waals surface area contributed by atoms with Crippen LogP contribution in [0, 0.1) is 22.7 Å². The Balaban J connectivity index is 2.04. The first-order valence-corrected chi connectivity index (χ1v) is 5.54. The fourth-order valence-corrected chi connectivity index (χ4v) is 4.75. The van der Waals surface area contributed by atoms with Gasteiger partial charge in [0.2, 0.25) is 0 Å². The molecule has 72 valence electrons. The molecule has 0 unspecified atom stereocenters. The van der Waals surface area contributed by atoms with Crippen molar-refractivity contribution in [3.63, 3.8) is 0 Å². The van der Waals surface area contributed by atoms with E-state index < -0.39 is 0 Å². The number of hydrogen-bond donors (Lipinski definition) is 0. The maximum atomic E-state index is 11.9. The van der Waals surface area contributed by atoms with Crippen molar-refractivity contribution in [2.24, 2.45) is 22.7 Å². The normalized spacial score (nSPS) is 58.8. The SMILES string of the molecule is CC12CC3CC(C)(CC(C1)C3=O)C2. The predicted octanol–water partition coefficient (Wildman–Crippen LogP) is 2.79. The summed E-state index contributed by atoms with van der Waals surface area (Å²) < 4.78 is 0. The van der Waals surface area contributed by atoms with Crippen LogP contribution in [-0.2, 0) is 4.79 Å². The molecule has 0 N–H and O–H groups in total. The topological polar surface area (TPSA) is 17.1 Å². The Morgan fingerprint density at radius 2 is 1.38 bits per heavy atom. The van der Waals surface area contributed by atoms with E-state index >= 15 is 0 Å². The molecule has 0 aromatic heterocycles. The number of hydrogen-bond acceptors (Lipinski definition) is 1. The van der Waals surface area contributed by atoms with Crippen molar-refractivity contribution in [3.05, 3.63) is 0 Å². The van der Waals surface area contributed by atoms with Crippen molar-refractivity contribution in [2.45, 2.75) is 46.0 Å². The zero-order valence-electron chi connectivity index (χ0n) is 8.60. The number of Topliss-reactive ketones (excluding diaryl/α,β-unsaturated/α-hetero) is 1. The van der Waals surface area contributed by atoms with E-state index in [9.17, 15) is 4.79 Å². The van der Waals surface area contributed by atoms with Crippen LogP contribution in [0.3, 0.4) is 0 Å². The third-order valence-electron chi connectivity index (χ3n) is 4.62. The van der Waals surface area contributed by atoms with E-state index in [4.69, 9.17) is 0 Å². The van der Waals surface area contributed by atoms with Crippen molar-refractivity contribution >= 4 is 5.78 Å². The van der Waals surface area contributed by atoms with Crippen LogP contribution in [0.1, 0.15) is 46.0 Å². The van der Waals surface area contributed by atoms with Gasteiger partial charge in [-0.3, -0.25) is 4.79 Å². The largest absolute Gasteiger partial charge is 0.299 e. The quantitative estimate of drug-likeness (QED) is 0.557. The fourth-order valence-electron chi connectivity index (χ4n) is 4.75. The van der Waals surface area contributed by atoms with Crippen LogP contribution >= 0.6 is 0 Å². The smallest absolute Gasteiger partial charge is 0.139 e. The molecule has 13 heavy (non-hydrogen) atoms. The molecule has 0 spiro atoms. The second-order valence-corrected chi connectivity index (χ2v) is 6.41. The Hall–Kier alpha value is -0.330. The summed E-state index contributed by atoms with van der Waals surface area (Å²) in [5.74, 6) is 1.49. The summed E-state index contributed by atoms with van der Waals surface area (Å²) in [5.41, 5.74) is 1.04. The highest BCUT2D eigenvalue weighted by atomic mass is 16.1. The molecule has 0 amide bonds. The zero-order chi connectivity index (χ0) is 9.27. The summed E-state index contributed by atoms with van der Waals surface area (Å²) in [6.07, 6.45) is 6.14. The molecule has 4 saturated carbocycles. The van der Waals surface area contributed by atoms with Gasteiger partial charge < -0.3 is 0 Å². The highest BCUT2D eigenvalue weighted by molar-refractivity contribution is 5.85. The molecule has 0 saturated heterocycles. The lowest BCUT2D eigenvalue weighted by Crippen LogP contribution is -2.54. The molecule has 1 heteroatoms. The fraction of sp³-hybridized carbons (Fsp3) is 0.917. The molecule has 1 nitrogen and oxygen atoms in total. The standard InChI is InChI=1S/C12H18O/c1-11-3-8-5-12(2,7-11)6-9(4-11)10(8)13/h8-9H,3-7H2,1-2H3. The van der Waals surface area contributed by atoms with Gasteiger partial charge in [0.05, 0.1) is 0 Å². The minimum Gasteiger partial charge on any atom is -0.299 e. The van der Waals surface area contributed by atoms with Gasteiger partial charge in [0.1, 0.15) is 5.78 Å². The Morgan fingerprint density at radius 1 is 1.00 bits per heavy atom. The number of carbonyl (C=O) groups excluding carboxylic acids is 1. The molecule has 0 radical (unpaired) electrons. The third kappa shape index (κ3) is 0.963. The molecule has 4 aliphatic carbocycles. The molecule has 0 aliphatic heterocycles. The van der Waals surface area contributed by atoms with Crippen molar-refractivity contribution in [1.29, 1.82) is 0 Å². The maximum absolute atomic E-state index is 11.9. The summed E-state index contributed by atoms with van der Waals surface area (Å²) >= 11 is 0. The minimum absolute atomic E-state index is 0.441. The Bertz CT molecular complexity index is 241. The van der Waals surface area contributed by atoms with Crippen LogP contribution in [0.4, 0.5) is 0 Å². The zero-order valence-corrected chi connectivity index (χ0v) is 8.60. The summed E-state index contributed by atoms with van der Waals surface area (Å²) in [4.78, 5) is 11.9. The summed E-state index contributed by atoms with van der Waals surface area (Å²) in [5, 5.41) is 0. The highest BCUT2D eigenvalue weighted by Crippen LogP contribution is 2.63. The van der Waals surface area contributed by atoms with Gasteiger partial charge in [0.15, 0.2) is 0 Å². The van der Waals surface area contributed by atoms with Gasteiger partial charge in [0.25, 0.3) is 0 Å². The Labute approximate surface area is 79.9 Å². The second kappa shape index (κ2) is 2.02. The van der Waals surface area contributed by atoms with Crippen LogP contribution in [0.25, 0.3) is 0 Å². The van der Waals surface area contributed by atoms with Crippen molar-refractivity contribution < 1.29 is 4.79 Å². The third-order valence-corrected chi connectivity index (χ3v) is 4.62. The highest BCUT2D eigenvalue weighted by Gasteiger charge is 2.57. The first-order valence-electron chi connectivity index (χ1n) is 5.54. The van der Waals surface area contributed by atoms with E-state index in [1.807, 2.05) is 0 Å². The van der Waals surface area contributed by atoms with Crippen LogP contribution in [0.2, 0.25) is 0 Å². The first kappa shape index (κ1) is 8.02. The molecule has 0 aromatic rings. The molecule has 4 fully saturated rings. The van der Waals surface area contributed by atoms with Crippen LogP contribution in [0.5, 0.6) is 0 Å². The molecule has 4 rings (SSSR count). The molecule has 0 aromatic carbocycles. The van der Waals surface area contributed by atoms with Crippen LogP contribution < -0.4 is 0 Å². The average Bonchev–Trinajstić information content (AvgIpc) is 1.94. The second-order valence-electron chi connectivity index (χ2n) is 6.41. The van der Waals surface area contributed by atoms with E-state index in [1.54, 1.807) is 0 Å². The molecule has 0 atom stereocenters. The summed E-state index contributed by atoms with van der Waals surface area (Å²) in [6.45, 7) is 4.80. The number of rotatable bonds is 0. The molecule has 4 aliphatic rings. The monoisotopic (exact) mass is 178 g/mol. The number of carbonyl (C=O) groups is 1. The van der Waals surface area contributed by atoms with Gasteiger partial charge >= 0.3 is 0 Å². The summed E-state index contributed by atoms with van der Waals surface area (Å²) in [6, 6.07) is 0. The lowest BCUT2D eigenvalue weighted by molar-refractivity contribution is -0.155. The molecule has 4 bridgehead atoms. The van der Waals surface area contributed by atoms with Gasteiger partial charge in [-0.1, -0.05) is 13.8 Å². The van der Waals surface area contributed by atoms with E-state index in [2.05, 4.69) is 13.8 Å². The molecular weight excluding hydrogens is 160 g/mol. The van der Waals surface area contributed by atoms with Gasteiger partial charge in [-0.25, -0.2) is 0 Å². The van der Waals surface area contributed by atoms with Gasteiger partial charge in [-0.05, 0) is 42.9 Å². The van der Waals surface area contributed by atoms with Crippen molar-refractivity contribution in [3.8, 4) is 0 Å². The Kier molecular flexibility index (Phi) is 1.24. The maximum Gasteiger partial charge on any atom is 0.139 e. The van der Waals surface area contributed by atoms with E-state index in [1.165, 1.54) is 32.1 Å². The molecular formula is C12H18O. The van der Waals surface area contributed by atoms with E-state index in [0.717, 1.165) is 0 Å². The lowest BCUT2D eigenvalue weighted by Gasteiger charge is -2.59. The lowest BCUT2D eigenvalue weighted by atomic mass is 9.45. The Morgan fingerprint density at radius 3 is 1.77 bits per heavy atom. The van der Waals surface area contributed by atoms with Gasteiger partial charge in [-0.15, -0.1) is 0 Å². The predicted molar refractivity (Wildman–Crippen MR) is 51.3 cm³/mol. The van der Waals surface area contributed by atoms with E-state index in [0.29, 0.717) is 28.4 Å². The number of ketones is 1. The first-order chi connectivity index (χ1) is 6.00. The average molecular weight is 178 g/mol. The van der Waals surface area contributed by atoms with E-state index in [-0.39, 0.29) is 0 Å². The van der Waals surface area contributed by atoms with Crippen LogP contribution in [-0.4, -0.2) is 5.78 Å².